The number of rotatable bonds is 6. The van der Waals surface area contributed by atoms with Gasteiger partial charge in [0.25, 0.3) is 0 Å². The molecule has 2 aromatic rings. The standard InChI is InChI=1S/C13H16BrN3O2/c1-19-7-3-2-4-11(18)17-13-12(14)9-5-6-15-10(9)8-16-13/h5-6,8,15H,2-4,7H2,1H3,(H,16,17,18). The number of halogens is 1. The average Bonchev–Trinajstić information content (AvgIpc) is 2.87. The summed E-state index contributed by atoms with van der Waals surface area (Å²) in [7, 11) is 1.66. The van der Waals surface area contributed by atoms with Crippen LogP contribution in [0.25, 0.3) is 10.9 Å². The molecule has 2 rings (SSSR count). The van der Waals surface area contributed by atoms with Gasteiger partial charge in [0.1, 0.15) is 5.82 Å². The number of H-pyrrole nitrogens is 1. The van der Waals surface area contributed by atoms with Crippen LogP contribution < -0.4 is 5.32 Å². The maximum atomic E-state index is 11.8. The van der Waals surface area contributed by atoms with Gasteiger partial charge in [-0.05, 0) is 34.8 Å². The van der Waals surface area contributed by atoms with Crippen LogP contribution in [0.4, 0.5) is 5.82 Å². The van der Waals surface area contributed by atoms with Crippen molar-refractivity contribution in [3.05, 3.63) is 22.9 Å². The predicted molar refractivity (Wildman–Crippen MR) is 78.2 cm³/mol. The van der Waals surface area contributed by atoms with Gasteiger partial charge in [-0.25, -0.2) is 4.98 Å². The maximum Gasteiger partial charge on any atom is 0.225 e. The zero-order valence-corrected chi connectivity index (χ0v) is 12.3. The molecule has 5 nitrogen and oxygen atoms in total. The molecule has 0 aliphatic heterocycles. The minimum Gasteiger partial charge on any atom is -0.385 e. The maximum absolute atomic E-state index is 11.8. The first-order valence-corrected chi connectivity index (χ1v) is 6.92. The number of fused-ring (bicyclic) bond motifs is 1. The van der Waals surface area contributed by atoms with Gasteiger partial charge in [-0.3, -0.25) is 4.79 Å². The minimum absolute atomic E-state index is 0.0285. The quantitative estimate of drug-likeness (QED) is 0.802. The normalized spacial score (nSPS) is 10.8. The Hall–Kier alpha value is -1.40. The van der Waals surface area contributed by atoms with Crippen molar-refractivity contribution < 1.29 is 9.53 Å². The monoisotopic (exact) mass is 325 g/mol. The molecule has 1 amide bonds. The minimum atomic E-state index is -0.0285. The highest BCUT2D eigenvalue weighted by Gasteiger charge is 2.10. The highest BCUT2D eigenvalue weighted by Crippen LogP contribution is 2.28. The number of carbonyl (C=O) groups is 1. The lowest BCUT2D eigenvalue weighted by Crippen LogP contribution is -2.13. The lowest BCUT2D eigenvalue weighted by atomic mass is 10.2. The van der Waals surface area contributed by atoms with Crippen LogP contribution in [-0.2, 0) is 9.53 Å². The Bertz CT molecular complexity index is 568. The second-order valence-corrected chi connectivity index (χ2v) is 5.02. The summed E-state index contributed by atoms with van der Waals surface area (Å²) in [6.45, 7) is 0.685. The molecule has 19 heavy (non-hydrogen) atoms. The zero-order valence-electron chi connectivity index (χ0n) is 10.7. The number of aromatic amines is 1. The van der Waals surface area contributed by atoms with Gasteiger partial charge in [0.05, 0.1) is 16.2 Å². The summed E-state index contributed by atoms with van der Waals surface area (Å²) >= 11 is 3.47. The van der Waals surface area contributed by atoms with E-state index in [1.54, 1.807) is 13.3 Å². The van der Waals surface area contributed by atoms with E-state index in [1.807, 2.05) is 12.3 Å². The highest BCUT2D eigenvalue weighted by atomic mass is 79.9. The Kier molecular flexibility index (Phi) is 4.93. The lowest BCUT2D eigenvalue weighted by Gasteiger charge is -2.07. The molecule has 6 heteroatoms. The van der Waals surface area contributed by atoms with Crippen LogP contribution in [-0.4, -0.2) is 29.6 Å². The molecule has 0 aliphatic rings. The predicted octanol–water partition coefficient (Wildman–Crippen LogP) is 3.08. The Labute approximate surface area is 119 Å². The molecule has 2 N–H and O–H groups in total. The fraction of sp³-hybridized carbons (Fsp3) is 0.385. The van der Waals surface area contributed by atoms with E-state index in [0.29, 0.717) is 18.8 Å². The molecule has 0 unspecified atom stereocenters. The largest absolute Gasteiger partial charge is 0.385 e. The molecule has 0 saturated carbocycles. The van der Waals surface area contributed by atoms with Gasteiger partial charge >= 0.3 is 0 Å². The number of amides is 1. The first-order valence-electron chi connectivity index (χ1n) is 6.12. The van der Waals surface area contributed by atoms with Crippen molar-refractivity contribution in [1.82, 2.24) is 9.97 Å². The van der Waals surface area contributed by atoms with Crippen LogP contribution >= 0.6 is 15.9 Å². The summed E-state index contributed by atoms with van der Waals surface area (Å²) in [6, 6.07) is 1.94. The number of carbonyl (C=O) groups excluding carboxylic acids is 1. The summed E-state index contributed by atoms with van der Waals surface area (Å²) in [6.07, 6.45) is 5.72. The summed E-state index contributed by atoms with van der Waals surface area (Å²) < 4.78 is 5.75. The van der Waals surface area contributed by atoms with Gasteiger partial charge in [-0.1, -0.05) is 0 Å². The Morgan fingerprint density at radius 1 is 1.53 bits per heavy atom. The van der Waals surface area contributed by atoms with E-state index >= 15 is 0 Å². The number of nitrogens with one attached hydrogen (secondary N) is 2. The molecule has 0 aliphatic carbocycles. The third-order valence-corrected chi connectivity index (χ3v) is 3.61. The van der Waals surface area contributed by atoms with Crippen molar-refractivity contribution in [2.24, 2.45) is 0 Å². The molecule has 0 saturated heterocycles. The van der Waals surface area contributed by atoms with E-state index in [9.17, 15) is 4.79 Å². The summed E-state index contributed by atoms with van der Waals surface area (Å²) in [5.74, 6) is 0.531. The van der Waals surface area contributed by atoms with Crippen molar-refractivity contribution in [1.29, 1.82) is 0 Å². The van der Waals surface area contributed by atoms with Crippen LogP contribution in [0, 0.1) is 0 Å². The zero-order chi connectivity index (χ0) is 13.7. The lowest BCUT2D eigenvalue weighted by molar-refractivity contribution is -0.116. The van der Waals surface area contributed by atoms with E-state index in [-0.39, 0.29) is 5.91 Å². The molecule has 0 bridgehead atoms. The van der Waals surface area contributed by atoms with Crippen molar-refractivity contribution in [2.45, 2.75) is 19.3 Å². The Morgan fingerprint density at radius 2 is 2.37 bits per heavy atom. The number of unbranched alkanes of at least 4 members (excludes halogenated alkanes) is 1. The topological polar surface area (TPSA) is 67.0 Å². The van der Waals surface area contributed by atoms with Crippen molar-refractivity contribution >= 4 is 38.6 Å². The smallest absolute Gasteiger partial charge is 0.225 e. The van der Waals surface area contributed by atoms with Crippen LogP contribution in [0.5, 0.6) is 0 Å². The van der Waals surface area contributed by atoms with Gasteiger partial charge < -0.3 is 15.0 Å². The van der Waals surface area contributed by atoms with Crippen molar-refractivity contribution in [2.75, 3.05) is 19.0 Å². The number of hydrogen-bond donors (Lipinski definition) is 2. The highest BCUT2D eigenvalue weighted by molar-refractivity contribution is 9.10. The summed E-state index contributed by atoms with van der Waals surface area (Å²) in [4.78, 5) is 19.1. The van der Waals surface area contributed by atoms with Gasteiger partial charge in [0.2, 0.25) is 5.91 Å². The van der Waals surface area contributed by atoms with Crippen LogP contribution in [0.3, 0.4) is 0 Å². The first-order chi connectivity index (χ1) is 9.22. The van der Waals surface area contributed by atoms with E-state index in [4.69, 9.17) is 4.74 Å². The van der Waals surface area contributed by atoms with E-state index in [2.05, 4.69) is 31.2 Å². The number of methoxy groups -OCH3 is 1. The third kappa shape index (κ3) is 3.54. The Morgan fingerprint density at radius 3 is 3.16 bits per heavy atom. The van der Waals surface area contributed by atoms with E-state index in [0.717, 1.165) is 28.2 Å². The average molecular weight is 326 g/mol. The third-order valence-electron chi connectivity index (χ3n) is 2.81. The van der Waals surface area contributed by atoms with E-state index in [1.165, 1.54) is 0 Å². The molecule has 0 atom stereocenters. The van der Waals surface area contributed by atoms with Crippen molar-refractivity contribution in [3.8, 4) is 0 Å². The molecule has 2 heterocycles. The summed E-state index contributed by atoms with van der Waals surface area (Å²) in [5.41, 5.74) is 0.935. The molecule has 0 fully saturated rings. The first kappa shape index (κ1) is 14.0. The molecule has 2 aromatic heterocycles. The van der Waals surface area contributed by atoms with Crippen LogP contribution in [0.1, 0.15) is 19.3 Å². The fourth-order valence-corrected chi connectivity index (χ4v) is 2.35. The Balaban J connectivity index is 1.97. The molecular weight excluding hydrogens is 310 g/mol. The van der Waals surface area contributed by atoms with Gasteiger partial charge in [0.15, 0.2) is 0 Å². The second kappa shape index (κ2) is 6.68. The number of hydrogen-bond acceptors (Lipinski definition) is 3. The molecule has 102 valence electrons. The van der Waals surface area contributed by atoms with Crippen molar-refractivity contribution in [3.63, 3.8) is 0 Å². The van der Waals surface area contributed by atoms with E-state index < -0.39 is 0 Å². The van der Waals surface area contributed by atoms with Crippen LogP contribution in [0.2, 0.25) is 0 Å². The fourth-order valence-electron chi connectivity index (χ4n) is 1.81. The number of anilines is 1. The van der Waals surface area contributed by atoms with Gasteiger partial charge in [-0.15, -0.1) is 0 Å². The molecule has 0 aromatic carbocycles. The molecular formula is C13H16BrN3O2. The van der Waals surface area contributed by atoms with Crippen LogP contribution in [0.15, 0.2) is 22.9 Å². The van der Waals surface area contributed by atoms with Gasteiger partial charge in [-0.2, -0.15) is 0 Å². The summed E-state index contributed by atoms with van der Waals surface area (Å²) in [5, 5.41) is 3.82. The van der Waals surface area contributed by atoms with Gasteiger partial charge in [0, 0.05) is 31.7 Å². The second-order valence-electron chi connectivity index (χ2n) is 4.22. The number of nitrogens with zero attached hydrogens (tertiary/aromatic N) is 1. The number of ether oxygens (including phenoxy) is 1. The number of aromatic nitrogens is 2. The molecule has 0 radical (unpaired) electrons. The SMILES string of the molecule is COCCCCC(=O)Nc1ncc2[nH]ccc2c1Br. The molecule has 0 spiro atoms. The number of pyridine rings is 1.